The summed E-state index contributed by atoms with van der Waals surface area (Å²) >= 11 is 0. The van der Waals surface area contributed by atoms with Crippen LogP contribution in [0.25, 0.3) is 0 Å². The number of imide groups is 1. The molecule has 1 heterocycles. The van der Waals surface area contributed by atoms with Crippen molar-refractivity contribution in [2.24, 2.45) is 0 Å². The van der Waals surface area contributed by atoms with E-state index in [1.807, 2.05) is 6.07 Å². The standard InChI is InChI=1S/C20H22N4O4/c25-19(16-6-2-1-3-7-16)22-20(26)21-17-9-11-23(12-10-17)14-15-5-4-8-18(13-15)24(27)28/h1-8,13,17H,9-12,14H2,(H2,21,22,25,26). The van der Waals surface area contributed by atoms with Gasteiger partial charge in [-0.3, -0.25) is 25.1 Å². The topological polar surface area (TPSA) is 105 Å². The fourth-order valence-corrected chi connectivity index (χ4v) is 3.25. The van der Waals surface area contributed by atoms with Crippen molar-refractivity contribution in [3.8, 4) is 0 Å². The van der Waals surface area contributed by atoms with Crippen LogP contribution in [0, 0.1) is 10.1 Å². The summed E-state index contributed by atoms with van der Waals surface area (Å²) in [4.78, 5) is 36.7. The van der Waals surface area contributed by atoms with Crippen molar-refractivity contribution in [1.29, 1.82) is 0 Å². The highest BCUT2D eigenvalue weighted by Crippen LogP contribution is 2.17. The molecule has 1 saturated heterocycles. The van der Waals surface area contributed by atoms with Gasteiger partial charge in [-0.1, -0.05) is 30.3 Å². The molecule has 146 valence electrons. The maximum atomic E-state index is 12.0. The molecule has 2 aromatic carbocycles. The molecule has 3 rings (SSSR count). The van der Waals surface area contributed by atoms with Gasteiger partial charge in [0.15, 0.2) is 0 Å². The molecule has 2 aromatic rings. The normalized spacial score (nSPS) is 15.0. The zero-order valence-electron chi connectivity index (χ0n) is 15.3. The molecule has 3 amide bonds. The predicted molar refractivity (Wildman–Crippen MR) is 104 cm³/mol. The van der Waals surface area contributed by atoms with E-state index in [2.05, 4.69) is 15.5 Å². The van der Waals surface area contributed by atoms with Crippen LogP contribution in [0.4, 0.5) is 10.5 Å². The fraction of sp³-hybridized carbons (Fsp3) is 0.300. The lowest BCUT2D eigenvalue weighted by Gasteiger charge is -2.32. The van der Waals surface area contributed by atoms with Crippen molar-refractivity contribution >= 4 is 17.6 Å². The zero-order chi connectivity index (χ0) is 19.9. The van der Waals surface area contributed by atoms with Crippen LogP contribution in [0.15, 0.2) is 54.6 Å². The molecular formula is C20H22N4O4. The van der Waals surface area contributed by atoms with Crippen LogP contribution in [-0.4, -0.2) is 40.9 Å². The molecule has 28 heavy (non-hydrogen) atoms. The van der Waals surface area contributed by atoms with E-state index < -0.39 is 16.9 Å². The first-order chi connectivity index (χ1) is 13.5. The molecule has 8 heteroatoms. The number of non-ortho nitro benzene ring substituents is 1. The van der Waals surface area contributed by atoms with Gasteiger partial charge in [0.05, 0.1) is 4.92 Å². The van der Waals surface area contributed by atoms with E-state index in [0.717, 1.165) is 31.5 Å². The van der Waals surface area contributed by atoms with Crippen molar-refractivity contribution in [2.75, 3.05) is 13.1 Å². The zero-order valence-corrected chi connectivity index (χ0v) is 15.3. The lowest BCUT2D eigenvalue weighted by Crippen LogP contribution is -2.49. The first-order valence-corrected chi connectivity index (χ1v) is 9.14. The number of piperidine rings is 1. The summed E-state index contributed by atoms with van der Waals surface area (Å²) in [6.45, 7) is 2.16. The number of urea groups is 1. The van der Waals surface area contributed by atoms with Crippen LogP contribution in [0.1, 0.15) is 28.8 Å². The minimum atomic E-state index is -0.494. The van der Waals surface area contributed by atoms with E-state index in [-0.39, 0.29) is 11.7 Å². The molecule has 1 fully saturated rings. The minimum absolute atomic E-state index is 0.00932. The third-order valence-electron chi connectivity index (χ3n) is 4.71. The van der Waals surface area contributed by atoms with Crippen LogP contribution < -0.4 is 10.6 Å². The Kier molecular flexibility index (Phi) is 6.33. The second-order valence-electron chi connectivity index (χ2n) is 6.77. The smallest absolute Gasteiger partial charge is 0.321 e. The van der Waals surface area contributed by atoms with Crippen LogP contribution in [0.2, 0.25) is 0 Å². The number of nitro benzene ring substituents is 1. The van der Waals surface area contributed by atoms with Crippen LogP contribution in [0.5, 0.6) is 0 Å². The Bertz CT molecular complexity index is 848. The molecule has 2 N–H and O–H groups in total. The molecule has 0 spiro atoms. The molecule has 0 aromatic heterocycles. The maximum absolute atomic E-state index is 12.0. The number of nitrogens with one attached hydrogen (secondary N) is 2. The summed E-state index contributed by atoms with van der Waals surface area (Å²) in [5, 5.41) is 16.1. The first-order valence-electron chi connectivity index (χ1n) is 9.14. The maximum Gasteiger partial charge on any atom is 0.321 e. The Morgan fingerprint density at radius 3 is 2.46 bits per heavy atom. The van der Waals surface area contributed by atoms with Gasteiger partial charge in [-0.15, -0.1) is 0 Å². The molecule has 0 radical (unpaired) electrons. The van der Waals surface area contributed by atoms with Crippen LogP contribution in [-0.2, 0) is 6.54 Å². The van der Waals surface area contributed by atoms with Crippen LogP contribution in [0.3, 0.4) is 0 Å². The van der Waals surface area contributed by atoms with Crippen molar-refractivity contribution in [3.05, 3.63) is 75.8 Å². The van der Waals surface area contributed by atoms with Gasteiger partial charge in [-0.25, -0.2) is 4.79 Å². The summed E-state index contributed by atoms with van der Waals surface area (Å²) < 4.78 is 0. The average molecular weight is 382 g/mol. The van der Waals surface area contributed by atoms with Crippen LogP contribution >= 0.6 is 0 Å². The number of hydrogen-bond donors (Lipinski definition) is 2. The highest BCUT2D eigenvalue weighted by atomic mass is 16.6. The summed E-state index contributed by atoms with van der Waals surface area (Å²) in [6, 6.07) is 14.7. The molecular weight excluding hydrogens is 360 g/mol. The SMILES string of the molecule is O=C(NC(=O)c1ccccc1)NC1CCN(Cc2cccc([N+](=O)[O-])c2)CC1. The van der Waals surface area contributed by atoms with Crippen molar-refractivity contribution in [1.82, 2.24) is 15.5 Å². The lowest BCUT2D eigenvalue weighted by molar-refractivity contribution is -0.384. The molecule has 0 unspecified atom stereocenters. The number of amides is 3. The van der Waals surface area contributed by atoms with E-state index in [1.54, 1.807) is 42.5 Å². The number of carbonyl (C=O) groups excluding carboxylic acids is 2. The molecule has 0 bridgehead atoms. The number of nitro groups is 1. The molecule has 1 aliphatic heterocycles. The first kappa shape index (κ1) is 19.5. The van der Waals surface area contributed by atoms with Gasteiger partial charge < -0.3 is 5.32 Å². The van der Waals surface area contributed by atoms with Crippen molar-refractivity contribution in [2.45, 2.75) is 25.4 Å². The van der Waals surface area contributed by atoms with E-state index in [9.17, 15) is 19.7 Å². The van der Waals surface area contributed by atoms with Crippen molar-refractivity contribution < 1.29 is 14.5 Å². The van der Waals surface area contributed by atoms with Gasteiger partial charge in [0.25, 0.3) is 11.6 Å². The molecule has 1 aliphatic rings. The summed E-state index contributed by atoms with van der Waals surface area (Å²) in [6.07, 6.45) is 1.50. The quantitative estimate of drug-likeness (QED) is 0.611. The summed E-state index contributed by atoms with van der Waals surface area (Å²) in [7, 11) is 0. The highest BCUT2D eigenvalue weighted by molar-refractivity contribution is 6.04. The highest BCUT2D eigenvalue weighted by Gasteiger charge is 2.22. The predicted octanol–water partition coefficient (Wildman–Crippen LogP) is 2.70. The Labute approximate surface area is 162 Å². The van der Waals surface area contributed by atoms with E-state index in [0.29, 0.717) is 12.1 Å². The van der Waals surface area contributed by atoms with E-state index in [1.165, 1.54) is 6.07 Å². The van der Waals surface area contributed by atoms with E-state index in [4.69, 9.17) is 0 Å². The monoisotopic (exact) mass is 382 g/mol. The largest absolute Gasteiger partial charge is 0.335 e. The number of likely N-dealkylation sites (tertiary alicyclic amines) is 1. The second kappa shape index (κ2) is 9.09. The number of nitrogens with zero attached hydrogens (tertiary/aromatic N) is 2. The fourth-order valence-electron chi connectivity index (χ4n) is 3.25. The van der Waals surface area contributed by atoms with Gasteiger partial charge in [-0.2, -0.15) is 0 Å². The van der Waals surface area contributed by atoms with Crippen molar-refractivity contribution in [3.63, 3.8) is 0 Å². The van der Waals surface area contributed by atoms with Gasteiger partial charge in [-0.05, 0) is 30.5 Å². The van der Waals surface area contributed by atoms with Gasteiger partial charge in [0, 0.05) is 43.4 Å². The molecule has 0 saturated carbocycles. The molecule has 8 nitrogen and oxygen atoms in total. The minimum Gasteiger partial charge on any atom is -0.335 e. The van der Waals surface area contributed by atoms with Gasteiger partial charge in [0.1, 0.15) is 0 Å². The Morgan fingerprint density at radius 1 is 1.07 bits per heavy atom. The third-order valence-corrected chi connectivity index (χ3v) is 4.71. The third kappa shape index (κ3) is 5.37. The molecule has 0 atom stereocenters. The Balaban J connectivity index is 1.44. The van der Waals surface area contributed by atoms with Gasteiger partial charge in [0.2, 0.25) is 0 Å². The number of rotatable bonds is 5. The number of hydrogen-bond acceptors (Lipinski definition) is 5. The second-order valence-corrected chi connectivity index (χ2v) is 6.77. The summed E-state index contributed by atoms with van der Waals surface area (Å²) in [5.41, 5.74) is 1.42. The van der Waals surface area contributed by atoms with Gasteiger partial charge >= 0.3 is 6.03 Å². The average Bonchev–Trinajstić information content (AvgIpc) is 2.70. The number of benzene rings is 2. The molecule has 0 aliphatic carbocycles. The summed E-state index contributed by atoms with van der Waals surface area (Å²) in [5.74, 6) is -0.429. The lowest BCUT2D eigenvalue weighted by atomic mass is 10.0. The number of carbonyl (C=O) groups is 2. The van der Waals surface area contributed by atoms with E-state index >= 15 is 0 Å². The Morgan fingerprint density at radius 2 is 1.79 bits per heavy atom. The Hall–Kier alpha value is -3.26.